The van der Waals surface area contributed by atoms with E-state index in [1.54, 1.807) is 19.2 Å². The fourth-order valence-corrected chi connectivity index (χ4v) is 2.94. The van der Waals surface area contributed by atoms with E-state index in [4.69, 9.17) is 38.4 Å². The van der Waals surface area contributed by atoms with E-state index in [9.17, 15) is 0 Å². The summed E-state index contributed by atoms with van der Waals surface area (Å²) in [5.74, 6) is 1.41. The van der Waals surface area contributed by atoms with Gasteiger partial charge in [0.25, 0.3) is 0 Å². The van der Waals surface area contributed by atoms with Crippen LogP contribution in [0, 0.1) is 0 Å². The van der Waals surface area contributed by atoms with Crippen molar-refractivity contribution in [1.29, 1.82) is 0 Å². The molecule has 1 heterocycles. The van der Waals surface area contributed by atoms with Crippen LogP contribution < -0.4 is 20.5 Å². The first-order valence-electron chi connectivity index (χ1n) is 6.89. The molecule has 1 aliphatic heterocycles. The lowest BCUT2D eigenvalue weighted by Gasteiger charge is -2.29. The van der Waals surface area contributed by atoms with Gasteiger partial charge in [-0.2, -0.15) is 0 Å². The monoisotopic (exact) mass is 338 g/mol. The molecule has 22 heavy (non-hydrogen) atoms. The lowest BCUT2D eigenvalue weighted by atomic mass is 10.0. The summed E-state index contributed by atoms with van der Waals surface area (Å²) < 4.78 is 10.9. The number of nitrogens with one attached hydrogen (secondary N) is 1. The molecule has 4 nitrogen and oxygen atoms in total. The molecule has 3 rings (SSSR count). The van der Waals surface area contributed by atoms with Gasteiger partial charge in [-0.3, -0.25) is 0 Å². The van der Waals surface area contributed by atoms with E-state index >= 15 is 0 Å². The first kappa shape index (κ1) is 15.3. The fourth-order valence-electron chi connectivity index (χ4n) is 2.46. The number of hydrogen-bond donors (Lipinski definition) is 2. The lowest BCUT2D eigenvalue weighted by Crippen LogP contribution is -2.37. The fraction of sp³-hybridized carbons (Fsp3) is 0.250. The molecule has 2 aromatic rings. The Morgan fingerprint density at radius 3 is 2.77 bits per heavy atom. The van der Waals surface area contributed by atoms with Gasteiger partial charge in [-0.15, -0.1) is 0 Å². The van der Waals surface area contributed by atoms with Gasteiger partial charge in [0.2, 0.25) is 0 Å². The molecule has 1 unspecified atom stereocenters. The number of anilines is 1. The number of rotatable bonds is 3. The SMILES string of the molecule is COc1ccc(-c2cc(Cl)cc3c2NC(CN)CO3)c(Cl)c1. The van der Waals surface area contributed by atoms with Crippen molar-refractivity contribution in [2.45, 2.75) is 6.04 Å². The highest BCUT2D eigenvalue weighted by Gasteiger charge is 2.23. The molecule has 1 atom stereocenters. The van der Waals surface area contributed by atoms with Crippen LogP contribution in [0.3, 0.4) is 0 Å². The van der Waals surface area contributed by atoms with Crippen LogP contribution in [-0.2, 0) is 0 Å². The minimum absolute atomic E-state index is 0.0597. The highest BCUT2D eigenvalue weighted by atomic mass is 35.5. The van der Waals surface area contributed by atoms with Crippen molar-refractivity contribution < 1.29 is 9.47 Å². The molecule has 0 saturated heterocycles. The van der Waals surface area contributed by atoms with Gasteiger partial charge in [0.15, 0.2) is 0 Å². The second-order valence-electron chi connectivity index (χ2n) is 5.06. The Balaban J connectivity index is 2.13. The van der Waals surface area contributed by atoms with Crippen molar-refractivity contribution in [3.63, 3.8) is 0 Å². The molecule has 3 N–H and O–H groups in total. The van der Waals surface area contributed by atoms with Gasteiger partial charge < -0.3 is 20.5 Å². The second-order valence-corrected chi connectivity index (χ2v) is 5.90. The first-order chi connectivity index (χ1) is 10.6. The molecule has 116 valence electrons. The van der Waals surface area contributed by atoms with Crippen LogP contribution in [0.25, 0.3) is 11.1 Å². The maximum Gasteiger partial charge on any atom is 0.144 e. The van der Waals surface area contributed by atoms with Gasteiger partial charge in [0, 0.05) is 28.8 Å². The molecular weight excluding hydrogens is 323 g/mol. The third-order valence-electron chi connectivity index (χ3n) is 3.61. The van der Waals surface area contributed by atoms with Crippen molar-refractivity contribution in [3.8, 4) is 22.6 Å². The smallest absolute Gasteiger partial charge is 0.144 e. The predicted molar refractivity (Wildman–Crippen MR) is 90.4 cm³/mol. The second kappa shape index (κ2) is 6.24. The van der Waals surface area contributed by atoms with Crippen LogP contribution in [0.5, 0.6) is 11.5 Å². The van der Waals surface area contributed by atoms with E-state index in [2.05, 4.69) is 5.32 Å². The molecule has 0 aromatic heterocycles. The lowest BCUT2D eigenvalue weighted by molar-refractivity contribution is 0.287. The van der Waals surface area contributed by atoms with E-state index in [0.29, 0.717) is 34.7 Å². The van der Waals surface area contributed by atoms with Crippen molar-refractivity contribution in [2.75, 3.05) is 25.6 Å². The van der Waals surface area contributed by atoms with Crippen LogP contribution in [-0.4, -0.2) is 26.3 Å². The van der Waals surface area contributed by atoms with Gasteiger partial charge in [0.1, 0.15) is 18.1 Å². The van der Waals surface area contributed by atoms with E-state index in [0.717, 1.165) is 16.8 Å². The number of nitrogens with two attached hydrogens (primary N) is 1. The standard InChI is InChI=1S/C16H16Cl2N2O2/c1-21-11-2-3-12(14(18)6-11)13-4-9(17)5-15-16(13)20-10(7-19)8-22-15/h2-6,10,20H,7-8,19H2,1H3. The number of methoxy groups -OCH3 is 1. The highest BCUT2D eigenvalue weighted by Crippen LogP contribution is 2.43. The van der Waals surface area contributed by atoms with Crippen LogP contribution in [0.4, 0.5) is 5.69 Å². The van der Waals surface area contributed by atoms with Gasteiger partial charge in [-0.25, -0.2) is 0 Å². The average molecular weight is 339 g/mol. The summed E-state index contributed by atoms with van der Waals surface area (Å²) in [4.78, 5) is 0. The number of benzene rings is 2. The Morgan fingerprint density at radius 2 is 2.09 bits per heavy atom. The quantitative estimate of drug-likeness (QED) is 0.893. The molecule has 1 aliphatic rings. The Kier molecular flexibility index (Phi) is 4.34. The molecule has 2 aromatic carbocycles. The summed E-state index contributed by atoms with van der Waals surface area (Å²) in [6.07, 6.45) is 0. The van der Waals surface area contributed by atoms with E-state index in [1.165, 1.54) is 0 Å². The Morgan fingerprint density at radius 1 is 1.27 bits per heavy atom. The molecular formula is C16H16Cl2N2O2. The summed E-state index contributed by atoms with van der Waals surface area (Å²) in [5.41, 5.74) is 8.33. The van der Waals surface area contributed by atoms with Gasteiger partial charge in [-0.1, -0.05) is 23.2 Å². The summed E-state index contributed by atoms with van der Waals surface area (Å²) in [6.45, 7) is 0.997. The Hall–Kier alpha value is -1.62. The number of hydrogen-bond acceptors (Lipinski definition) is 4. The largest absolute Gasteiger partial charge is 0.497 e. The average Bonchev–Trinajstić information content (AvgIpc) is 2.53. The van der Waals surface area contributed by atoms with Crippen LogP contribution in [0.15, 0.2) is 30.3 Å². The normalized spacial score (nSPS) is 16.5. The first-order valence-corrected chi connectivity index (χ1v) is 7.65. The molecule has 0 saturated carbocycles. The molecule has 0 radical (unpaired) electrons. The molecule has 0 aliphatic carbocycles. The molecule has 0 fully saturated rings. The molecule has 6 heteroatoms. The van der Waals surface area contributed by atoms with Crippen molar-refractivity contribution in [2.24, 2.45) is 5.73 Å². The zero-order chi connectivity index (χ0) is 15.7. The summed E-state index contributed by atoms with van der Waals surface area (Å²) in [5, 5.41) is 4.57. The third-order valence-corrected chi connectivity index (χ3v) is 4.14. The van der Waals surface area contributed by atoms with Crippen molar-refractivity contribution >= 4 is 28.9 Å². The van der Waals surface area contributed by atoms with Crippen LogP contribution in [0.1, 0.15) is 0 Å². The Bertz CT molecular complexity index is 707. The summed E-state index contributed by atoms with van der Waals surface area (Å²) >= 11 is 12.6. The van der Waals surface area contributed by atoms with Gasteiger partial charge >= 0.3 is 0 Å². The third kappa shape index (κ3) is 2.82. The van der Waals surface area contributed by atoms with E-state index in [1.807, 2.05) is 18.2 Å². The number of halogens is 2. The maximum atomic E-state index is 6.39. The van der Waals surface area contributed by atoms with Gasteiger partial charge in [0.05, 0.1) is 23.9 Å². The van der Waals surface area contributed by atoms with E-state index < -0.39 is 0 Å². The number of fused-ring (bicyclic) bond motifs is 1. The van der Waals surface area contributed by atoms with E-state index in [-0.39, 0.29) is 6.04 Å². The van der Waals surface area contributed by atoms with Gasteiger partial charge in [-0.05, 0) is 24.3 Å². The Labute approximate surface area is 139 Å². The molecule has 0 spiro atoms. The zero-order valence-corrected chi connectivity index (χ0v) is 13.5. The molecule has 0 bridgehead atoms. The molecule has 0 amide bonds. The highest BCUT2D eigenvalue weighted by molar-refractivity contribution is 6.34. The minimum atomic E-state index is 0.0597. The zero-order valence-electron chi connectivity index (χ0n) is 12.0. The van der Waals surface area contributed by atoms with Crippen molar-refractivity contribution in [1.82, 2.24) is 0 Å². The summed E-state index contributed by atoms with van der Waals surface area (Å²) in [7, 11) is 1.60. The predicted octanol–water partition coefficient (Wildman–Crippen LogP) is 3.80. The maximum absolute atomic E-state index is 6.39. The summed E-state index contributed by atoms with van der Waals surface area (Å²) in [6, 6.07) is 9.25. The number of ether oxygens (including phenoxy) is 2. The minimum Gasteiger partial charge on any atom is -0.497 e. The van der Waals surface area contributed by atoms with Crippen LogP contribution >= 0.6 is 23.2 Å². The topological polar surface area (TPSA) is 56.5 Å². The van der Waals surface area contributed by atoms with Crippen molar-refractivity contribution in [3.05, 3.63) is 40.4 Å². The van der Waals surface area contributed by atoms with Crippen LogP contribution in [0.2, 0.25) is 10.0 Å².